The average Bonchev–Trinajstić information content (AvgIpc) is 2.74. The molecule has 19 heavy (non-hydrogen) atoms. The Balaban J connectivity index is 2.17. The van der Waals surface area contributed by atoms with Crippen molar-refractivity contribution in [2.24, 2.45) is 5.73 Å². The lowest BCUT2D eigenvalue weighted by Crippen LogP contribution is -2.17. The van der Waals surface area contributed by atoms with Gasteiger partial charge in [-0.3, -0.25) is 0 Å². The van der Waals surface area contributed by atoms with Crippen molar-refractivity contribution in [1.82, 2.24) is 4.98 Å². The topological polar surface area (TPSA) is 42.2 Å². The number of benzene rings is 1. The molecule has 2 aromatic rings. The Labute approximate surface area is 127 Å². The first-order valence-corrected chi connectivity index (χ1v) is 7.35. The summed E-state index contributed by atoms with van der Waals surface area (Å²) in [6.07, 6.45) is 0. The maximum absolute atomic E-state index is 6.17. The Morgan fingerprint density at radius 1 is 1.53 bits per heavy atom. The van der Waals surface area contributed by atoms with Gasteiger partial charge in [-0.05, 0) is 25.1 Å². The summed E-state index contributed by atoms with van der Waals surface area (Å²) in [6.45, 7) is 2.75. The Kier molecular flexibility index (Phi) is 4.39. The van der Waals surface area contributed by atoms with E-state index in [2.05, 4.69) is 15.3 Å². The Hall–Kier alpha value is -1.17. The molecule has 0 amide bonds. The van der Waals surface area contributed by atoms with E-state index in [1.165, 1.54) is 0 Å². The average molecular weight is 312 g/mol. The van der Waals surface area contributed by atoms with Gasteiger partial charge in [-0.15, -0.1) is 11.3 Å². The maximum Gasteiger partial charge on any atom is 0.105 e. The molecule has 1 aromatic carbocycles. The van der Waals surface area contributed by atoms with E-state index in [9.17, 15) is 0 Å². The van der Waals surface area contributed by atoms with Crippen LogP contribution in [0.1, 0.15) is 16.3 Å². The Morgan fingerprint density at radius 3 is 2.79 bits per heavy atom. The van der Waals surface area contributed by atoms with Crippen molar-refractivity contribution in [2.45, 2.75) is 13.5 Å². The molecule has 0 fully saturated rings. The number of aryl methyl sites for hydroxylation is 1. The SMILES string of the molecule is Cc1nc(CN(C)c2ccc(C(N)=S)c(Cl)c2)cs1. The van der Waals surface area contributed by atoms with E-state index in [1.807, 2.05) is 32.2 Å². The highest BCUT2D eigenvalue weighted by atomic mass is 35.5. The van der Waals surface area contributed by atoms with E-state index in [4.69, 9.17) is 29.6 Å². The van der Waals surface area contributed by atoms with E-state index < -0.39 is 0 Å². The second kappa shape index (κ2) is 5.86. The maximum atomic E-state index is 6.17. The lowest BCUT2D eigenvalue weighted by Gasteiger charge is -2.19. The highest BCUT2D eigenvalue weighted by Gasteiger charge is 2.09. The molecule has 0 atom stereocenters. The molecule has 0 saturated heterocycles. The van der Waals surface area contributed by atoms with E-state index in [1.54, 1.807) is 11.3 Å². The minimum absolute atomic E-state index is 0.314. The standard InChI is InChI=1S/C13H14ClN3S2/c1-8-16-9(7-19-8)6-17(2)10-3-4-11(13(15)18)12(14)5-10/h3-5,7H,6H2,1-2H3,(H2,15,18). The molecule has 1 heterocycles. The van der Waals surface area contributed by atoms with E-state index in [-0.39, 0.29) is 0 Å². The number of nitrogens with two attached hydrogens (primary N) is 1. The molecular formula is C13H14ClN3S2. The zero-order valence-electron chi connectivity index (χ0n) is 10.7. The normalized spacial score (nSPS) is 10.5. The number of hydrogen-bond acceptors (Lipinski definition) is 4. The number of hydrogen-bond donors (Lipinski definition) is 1. The van der Waals surface area contributed by atoms with Crippen molar-refractivity contribution in [1.29, 1.82) is 0 Å². The van der Waals surface area contributed by atoms with Crippen LogP contribution in [0.2, 0.25) is 5.02 Å². The van der Waals surface area contributed by atoms with Gasteiger partial charge in [-0.1, -0.05) is 23.8 Å². The second-order valence-electron chi connectivity index (χ2n) is 4.24. The molecule has 1 aromatic heterocycles. The van der Waals surface area contributed by atoms with Crippen LogP contribution in [0.5, 0.6) is 0 Å². The molecule has 0 aliphatic carbocycles. The number of rotatable bonds is 4. The van der Waals surface area contributed by atoms with Crippen LogP contribution in [0.4, 0.5) is 5.69 Å². The van der Waals surface area contributed by atoms with Crippen molar-refractivity contribution in [3.63, 3.8) is 0 Å². The summed E-state index contributed by atoms with van der Waals surface area (Å²) >= 11 is 12.8. The fourth-order valence-electron chi connectivity index (χ4n) is 1.76. The third-order valence-corrected chi connectivity index (χ3v) is 4.08. The first-order valence-electron chi connectivity index (χ1n) is 5.69. The van der Waals surface area contributed by atoms with Gasteiger partial charge in [-0.2, -0.15) is 0 Å². The van der Waals surface area contributed by atoms with Gasteiger partial charge < -0.3 is 10.6 Å². The van der Waals surface area contributed by atoms with Crippen LogP contribution >= 0.6 is 35.2 Å². The molecule has 0 aliphatic heterocycles. The van der Waals surface area contributed by atoms with Gasteiger partial charge >= 0.3 is 0 Å². The van der Waals surface area contributed by atoms with Crippen LogP contribution in [0.15, 0.2) is 23.6 Å². The number of anilines is 1. The lowest BCUT2D eigenvalue weighted by atomic mass is 10.2. The summed E-state index contributed by atoms with van der Waals surface area (Å²) in [4.78, 5) is 6.85. The molecule has 2 N–H and O–H groups in total. The molecule has 0 radical (unpaired) electrons. The highest BCUT2D eigenvalue weighted by Crippen LogP contribution is 2.24. The van der Waals surface area contributed by atoms with Crippen LogP contribution in [-0.2, 0) is 6.54 Å². The number of thiocarbonyl (C=S) groups is 1. The first kappa shape index (κ1) is 14.2. The number of nitrogens with zero attached hydrogens (tertiary/aromatic N) is 2. The summed E-state index contributed by atoms with van der Waals surface area (Å²) < 4.78 is 0. The van der Waals surface area contributed by atoms with Gasteiger partial charge in [0.1, 0.15) is 4.99 Å². The zero-order chi connectivity index (χ0) is 14.0. The van der Waals surface area contributed by atoms with Gasteiger partial charge in [0, 0.05) is 23.7 Å². The molecule has 0 bridgehead atoms. The first-order chi connectivity index (χ1) is 8.97. The van der Waals surface area contributed by atoms with Crippen molar-refractivity contribution in [2.75, 3.05) is 11.9 Å². The predicted molar refractivity (Wildman–Crippen MR) is 86.3 cm³/mol. The Morgan fingerprint density at radius 2 is 2.26 bits per heavy atom. The van der Waals surface area contributed by atoms with E-state index in [0.717, 1.165) is 22.9 Å². The van der Waals surface area contributed by atoms with Crippen LogP contribution in [0.25, 0.3) is 0 Å². The second-order valence-corrected chi connectivity index (χ2v) is 6.15. The third kappa shape index (κ3) is 3.43. The molecule has 0 unspecified atom stereocenters. The van der Waals surface area contributed by atoms with Gasteiger partial charge in [0.15, 0.2) is 0 Å². The van der Waals surface area contributed by atoms with Crippen LogP contribution in [0, 0.1) is 6.92 Å². The summed E-state index contributed by atoms with van der Waals surface area (Å²) in [5, 5.41) is 3.72. The van der Waals surface area contributed by atoms with Crippen LogP contribution < -0.4 is 10.6 Å². The molecule has 3 nitrogen and oxygen atoms in total. The molecule has 0 saturated carbocycles. The fourth-order valence-corrected chi connectivity index (χ4v) is 2.87. The summed E-state index contributed by atoms with van der Waals surface area (Å²) in [5.74, 6) is 0. The number of aromatic nitrogens is 1. The number of thiazole rings is 1. The minimum Gasteiger partial charge on any atom is -0.389 e. The summed E-state index contributed by atoms with van der Waals surface area (Å²) in [7, 11) is 2.00. The van der Waals surface area contributed by atoms with Crippen molar-refractivity contribution in [3.8, 4) is 0 Å². The van der Waals surface area contributed by atoms with Crippen molar-refractivity contribution in [3.05, 3.63) is 44.9 Å². The van der Waals surface area contributed by atoms with E-state index >= 15 is 0 Å². The van der Waals surface area contributed by atoms with Gasteiger partial charge in [0.05, 0.1) is 22.3 Å². The summed E-state index contributed by atoms with van der Waals surface area (Å²) in [6, 6.07) is 5.68. The van der Waals surface area contributed by atoms with Gasteiger partial charge in [0.25, 0.3) is 0 Å². The molecule has 0 aliphatic rings. The van der Waals surface area contributed by atoms with Crippen LogP contribution in [-0.4, -0.2) is 17.0 Å². The van der Waals surface area contributed by atoms with Crippen molar-refractivity contribution < 1.29 is 0 Å². The molecule has 100 valence electrons. The smallest absolute Gasteiger partial charge is 0.105 e. The quantitative estimate of drug-likeness (QED) is 0.879. The van der Waals surface area contributed by atoms with E-state index in [0.29, 0.717) is 15.6 Å². The summed E-state index contributed by atoms with van der Waals surface area (Å²) in [5.41, 5.74) is 8.36. The predicted octanol–water partition coefficient (Wildman–Crippen LogP) is 3.38. The third-order valence-electron chi connectivity index (χ3n) is 2.72. The zero-order valence-corrected chi connectivity index (χ0v) is 13.1. The van der Waals surface area contributed by atoms with Crippen molar-refractivity contribution >= 4 is 45.8 Å². The molecule has 2 rings (SSSR count). The molecule has 6 heteroatoms. The molecule has 0 spiro atoms. The minimum atomic E-state index is 0.314. The molecular weight excluding hydrogens is 298 g/mol. The fraction of sp³-hybridized carbons (Fsp3) is 0.231. The van der Waals surface area contributed by atoms with Gasteiger partial charge in [0.2, 0.25) is 0 Å². The number of halogens is 1. The van der Waals surface area contributed by atoms with Gasteiger partial charge in [-0.25, -0.2) is 4.98 Å². The highest BCUT2D eigenvalue weighted by molar-refractivity contribution is 7.80. The monoisotopic (exact) mass is 311 g/mol. The largest absolute Gasteiger partial charge is 0.389 e. The van der Waals surface area contributed by atoms with Crippen LogP contribution in [0.3, 0.4) is 0 Å². The Bertz CT molecular complexity index is 610. The lowest BCUT2D eigenvalue weighted by molar-refractivity contribution is 0.890.